The van der Waals surface area contributed by atoms with Gasteiger partial charge in [0.2, 0.25) is 0 Å². The molecule has 0 aromatic rings. The smallest absolute Gasteiger partial charge is 0.306 e. The van der Waals surface area contributed by atoms with E-state index in [0.717, 1.165) is 44.9 Å². The van der Waals surface area contributed by atoms with E-state index in [-0.39, 0.29) is 32.0 Å². The van der Waals surface area contributed by atoms with Gasteiger partial charge in [0.1, 0.15) is 31.0 Å². The second-order valence-corrected chi connectivity index (χ2v) is 17.4. The molecule has 1 rings (SSSR count). The Bertz CT molecular complexity index is 961. The van der Waals surface area contributed by atoms with E-state index in [9.17, 15) is 30.0 Å². The fraction of sp³-hybridized carbons (Fsp3) is 0.918. The highest BCUT2D eigenvalue weighted by Crippen LogP contribution is 2.23. The van der Waals surface area contributed by atoms with Gasteiger partial charge in [-0.25, -0.2) is 0 Å². The van der Waals surface area contributed by atoms with E-state index >= 15 is 0 Å². The van der Waals surface area contributed by atoms with Crippen molar-refractivity contribution in [2.24, 2.45) is 0 Å². The van der Waals surface area contributed by atoms with Gasteiger partial charge in [0.25, 0.3) is 0 Å². The van der Waals surface area contributed by atoms with E-state index in [1.54, 1.807) is 0 Å². The average Bonchev–Trinajstić information content (AvgIpc) is 3.23. The molecule has 1 saturated heterocycles. The molecule has 1 heterocycles. The molecule has 0 amide bonds. The number of rotatable bonds is 43. The lowest BCUT2D eigenvalue weighted by molar-refractivity contribution is -0.305. The van der Waals surface area contributed by atoms with Crippen molar-refractivity contribution < 1.29 is 49.0 Å². The summed E-state index contributed by atoms with van der Waals surface area (Å²) in [6, 6.07) is 0. The Morgan fingerprint density at radius 2 is 0.932 bits per heavy atom. The fourth-order valence-electron chi connectivity index (χ4n) is 7.88. The van der Waals surface area contributed by atoms with Gasteiger partial charge in [0.05, 0.1) is 13.2 Å². The Labute approximate surface area is 361 Å². The van der Waals surface area contributed by atoms with Crippen molar-refractivity contribution in [1.82, 2.24) is 0 Å². The molecule has 10 nitrogen and oxygen atoms in total. The zero-order valence-corrected chi connectivity index (χ0v) is 37.9. The number of allylic oxidation sites excluding steroid dienone is 1. The highest BCUT2D eigenvalue weighted by molar-refractivity contribution is 5.70. The Hall–Kier alpha value is -1.56. The van der Waals surface area contributed by atoms with Crippen molar-refractivity contribution in [1.29, 1.82) is 0 Å². The third kappa shape index (κ3) is 31.9. The normalized spacial score (nSPS) is 19.8. The van der Waals surface area contributed by atoms with Gasteiger partial charge in [-0.1, -0.05) is 199 Å². The number of aliphatic hydroxyl groups excluding tert-OH is 4. The molecule has 1 fully saturated rings. The molecule has 0 radical (unpaired) electrons. The van der Waals surface area contributed by atoms with E-state index in [0.29, 0.717) is 6.42 Å². The third-order valence-corrected chi connectivity index (χ3v) is 11.8. The molecule has 2 unspecified atom stereocenters. The molecular weight excluding hydrogens is 749 g/mol. The van der Waals surface area contributed by atoms with E-state index in [1.807, 2.05) is 6.08 Å². The lowest BCUT2D eigenvalue weighted by Crippen LogP contribution is -2.59. The fourth-order valence-corrected chi connectivity index (χ4v) is 7.88. The summed E-state index contributed by atoms with van der Waals surface area (Å²) in [5.74, 6) is -0.795. The van der Waals surface area contributed by atoms with Crippen LogP contribution in [-0.4, -0.2) is 89.0 Å². The van der Waals surface area contributed by atoms with Crippen molar-refractivity contribution in [3.05, 3.63) is 12.7 Å². The van der Waals surface area contributed by atoms with E-state index in [2.05, 4.69) is 13.5 Å². The number of hydrogen-bond acceptors (Lipinski definition) is 10. The van der Waals surface area contributed by atoms with Crippen LogP contribution in [0.25, 0.3) is 0 Å². The lowest BCUT2D eigenvalue weighted by Gasteiger charge is -2.39. The summed E-state index contributed by atoms with van der Waals surface area (Å²) in [5.41, 5.74) is 0. The summed E-state index contributed by atoms with van der Waals surface area (Å²) in [7, 11) is 0. The minimum atomic E-state index is -1.59. The summed E-state index contributed by atoms with van der Waals surface area (Å²) in [5, 5.41) is 40.1. The van der Waals surface area contributed by atoms with Crippen molar-refractivity contribution in [2.75, 3.05) is 19.8 Å². The van der Waals surface area contributed by atoms with E-state index in [1.165, 1.54) is 161 Å². The number of unbranched alkanes of at least 4 members (excludes halogenated alkanes) is 31. The van der Waals surface area contributed by atoms with Crippen LogP contribution in [0.5, 0.6) is 0 Å². The van der Waals surface area contributed by atoms with Gasteiger partial charge < -0.3 is 39.4 Å². The number of ether oxygens (including phenoxy) is 4. The average molecular weight is 841 g/mol. The largest absolute Gasteiger partial charge is 0.462 e. The summed E-state index contributed by atoms with van der Waals surface area (Å²) >= 11 is 0. The summed E-state index contributed by atoms with van der Waals surface area (Å²) in [4.78, 5) is 25.4. The molecule has 4 N–H and O–H groups in total. The number of hydrogen-bond donors (Lipinski definition) is 4. The molecule has 0 bridgehead atoms. The monoisotopic (exact) mass is 841 g/mol. The molecule has 1 aliphatic rings. The van der Waals surface area contributed by atoms with E-state index < -0.39 is 49.4 Å². The number of carbonyl (C=O) groups is 2. The second-order valence-electron chi connectivity index (χ2n) is 17.4. The van der Waals surface area contributed by atoms with Crippen molar-refractivity contribution in [3.8, 4) is 0 Å². The van der Waals surface area contributed by atoms with Gasteiger partial charge >= 0.3 is 11.9 Å². The van der Waals surface area contributed by atoms with Gasteiger partial charge in [-0.15, -0.1) is 6.58 Å². The standard InChI is InChI=1S/C49H92O10/c1-3-5-7-9-11-13-15-17-19-20-21-22-24-26-28-30-32-34-36-38-45(52)58-42(41-57-49-48(55)47(54)46(53)43(39-50)59-49)40-56-44(51)37-35-33-31-29-27-25-23-18-16-14-12-10-8-6-4-2/h4,42-43,46-50,53-55H,2-3,5-41H2,1H3/t42-,43-,46+,47?,48?,49-/m1/s1. The molecule has 59 heavy (non-hydrogen) atoms. The SMILES string of the molecule is C=CCCCCCCCCCCCCCCCC(=O)OC[C@H](CO[C@@H]1O[C@H](CO)[C@H](O)C(O)C1O)OC(=O)CCCCCCCCCCCCCCCCCCCCC. The summed E-state index contributed by atoms with van der Waals surface area (Å²) in [6.07, 6.45) is 35.4. The minimum Gasteiger partial charge on any atom is -0.462 e. The molecule has 0 spiro atoms. The summed E-state index contributed by atoms with van der Waals surface area (Å²) in [6.45, 7) is 4.99. The molecule has 1 aliphatic heterocycles. The van der Waals surface area contributed by atoms with Gasteiger partial charge in [0, 0.05) is 12.8 Å². The first-order valence-electron chi connectivity index (χ1n) is 24.7. The van der Waals surface area contributed by atoms with Crippen LogP contribution in [0.4, 0.5) is 0 Å². The Morgan fingerprint density at radius 3 is 1.34 bits per heavy atom. The van der Waals surface area contributed by atoms with Crippen LogP contribution in [0.15, 0.2) is 12.7 Å². The van der Waals surface area contributed by atoms with Crippen LogP contribution in [0, 0.1) is 0 Å². The number of aliphatic hydroxyl groups is 4. The van der Waals surface area contributed by atoms with Crippen LogP contribution in [-0.2, 0) is 28.5 Å². The van der Waals surface area contributed by atoms with Crippen LogP contribution in [0.3, 0.4) is 0 Å². The maximum atomic E-state index is 12.8. The van der Waals surface area contributed by atoms with Crippen LogP contribution < -0.4 is 0 Å². The number of esters is 2. The van der Waals surface area contributed by atoms with Gasteiger partial charge in [-0.05, 0) is 25.7 Å². The first-order valence-corrected chi connectivity index (χ1v) is 24.7. The molecule has 0 saturated carbocycles. The Balaban J connectivity index is 2.25. The third-order valence-electron chi connectivity index (χ3n) is 11.8. The molecular formula is C49H92O10. The maximum Gasteiger partial charge on any atom is 0.306 e. The van der Waals surface area contributed by atoms with Crippen LogP contribution in [0.2, 0.25) is 0 Å². The predicted molar refractivity (Wildman–Crippen MR) is 238 cm³/mol. The van der Waals surface area contributed by atoms with Gasteiger partial charge in [-0.2, -0.15) is 0 Å². The molecule has 0 aromatic heterocycles. The zero-order valence-electron chi connectivity index (χ0n) is 37.9. The second kappa shape index (κ2) is 40.5. The van der Waals surface area contributed by atoms with Crippen LogP contribution in [0.1, 0.15) is 232 Å². The zero-order chi connectivity index (χ0) is 43.0. The van der Waals surface area contributed by atoms with Crippen LogP contribution >= 0.6 is 0 Å². The highest BCUT2D eigenvalue weighted by Gasteiger charge is 2.44. The van der Waals surface area contributed by atoms with Gasteiger partial charge in [0.15, 0.2) is 12.4 Å². The minimum absolute atomic E-state index is 0.212. The summed E-state index contributed by atoms with van der Waals surface area (Å²) < 4.78 is 22.2. The molecule has 348 valence electrons. The highest BCUT2D eigenvalue weighted by atomic mass is 16.7. The van der Waals surface area contributed by atoms with Crippen molar-refractivity contribution in [2.45, 2.75) is 268 Å². The van der Waals surface area contributed by atoms with E-state index in [4.69, 9.17) is 18.9 Å². The topological polar surface area (TPSA) is 152 Å². The van der Waals surface area contributed by atoms with Gasteiger partial charge in [-0.3, -0.25) is 9.59 Å². The van der Waals surface area contributed by atoms with Crippen molar-refractivity contribution in [3.63, 3.8) is 0 Å². The van der Waals surface area contributed by atoms with Crippen molar-refractivity contribution >= 4 is 11.9 Å². The predicted octanol–water partition coefficient (Wildman–Crippen LogP) is 11.1. The lowest BCUT2D eigenvalue weighted by atomic mass is 9.99. The quantitative estimate of drug-likeness (QED) is 0.0265. The molecule has 6 atom stereocenters. The first-order chi connectivity index (χ1) is 28.8. The Kier molecular flexibility index (Phi) is 38.1. The molecule has 0 aromatic carbocycles. The number of carbonyl (C=O) groups excluding carboxylic acids is 2. The molecule has 0 aliphatic carbocycles. The maximum absolute atomic E-state index is 12.8. The Morgan fingerprint density at radius 1 is 0.542 bits per heavy atom. The molecule has 10 heteroatoms. The first kappa shape index (κ1) is 55.5.